The van der Waals surface area contributed by atoms with Gasteiger partial charge in [-0.25, -0.2) is 4.79 Å². The Labute approximate surface area is 119 Å². The molecule has 0 bridgehead atoms. The normalized spacial score (nSPS) is 17.8. The molecule has 0 atom stereocenters. The SMILES string of the molecule is CC1(CCl)CCN(C(=O)OC(C)(C)C)CC1.O=C=O. The lowest BCUT2D eigenvalue weighted by Crippen LogP contribution is -2.44. The minimum atomic E-state index is -0.412. The largest absolute Gasteiger partial charge is 0.444 e. The van der Waals surface area contributed by atoms with E-state index in [4.69, 9.17) is 25.9 Å². The van der Waals surface area contributed by atoms with E-state index in [1.807, 2.05) is 20.8 Å². The average Bonchev–Trinajstić information content (AvgIpc) is 2.28. The summed E-state index contributed by atoms with van der Waals surface area (Å²) in [6.07, 6.45) is 1.95. The van der Waals surface area contributed by atoms with Crippen LogP contribution in [-0.2, 0) is 14.3 Å². The number of piperidine rings is 1. The summed E-state index contributed by atoms with van der Waals surface area (Å²) in [4.78, 5) is 29.8. The maximum atomic E-state index is 11.8. The maximum Gasteiger partial charge on any atom is 0.410 e. The van der Waals surface area contributed by atoms with Gasteiger partial charge in [0.05, 0.1) is 0 Å². The summed E-state index contributed by atoms with van der Waals surface area (Å²) < 4.78 is 5.33. The van der Waals surface area contributed by atoms with E-state index in [2.05, 4.69) is 6.92 Å². The Morgan fingerprint density at radius 2 is 1.74 bits per heavy atom. The molecule has 1 aliphatic rings. The maximum absolute atomic E-state index is 11.8. The van der Waals surface area contributed by atoms with Crippen LogP contribution in [0.25, 0.3) is 0 Å². The molecule has 1 heterocycles. The molecule has 0 radical (unpaired) electrons. The molecule has 5 nitrogen and oxygen atoms in total. The molecule has 1 rings (SSSR count). The van der Waals surface area contributed by atoms with Crippen molar-refractivity contribution < 1.29 is 19.1 Å². The number of ether oxygens (including phenoxy) is 1. The monoisotopic (exact) mass is 291 g/mol. The molecule has 1 aliphatic heterocycles. The summed E-state index contributed by atoms with van der Waals surface area (Å²) in [6, 6.07) is 0. The second-order valence-electron chi connectivity index (χ2n) is 6.00. The quantitative estimate of drug-likeness (QED) is 0.697. The van der Waals surface area contributed by atoms with E-state index in [0.29, 0.717) is 5.88 Å². The fourth-order valence-electron chi connectivity index (χ4n) is 1.69. The standard InChI is InChI=1S/C12H22ClNO2.CO2/c1-11(2,3)16-10(15)14-7-5-12(4,9-13)6-8-14;2-1-3/h5-9H2,1-4H3;. The van der Waals surface area contributed by atoms with Gasteiger partial charge in [-0.3, -0.25) is 0 Å². The molecule has 0 saturated carbocycles. The summed E-state index contributed by atoms with van der Waals surface area (Å²) in [5.74, 6) is 0.662. The summed E-state index contributed by atoms with van der Waals surface area (Å²) in [5, 5.41) is 0. The Kier molecular flexibility index (Phi) is 7.09. The lowest BCUT2D eigenvalue weighted by molar-refractivity contribution is -0.191. The van der Waals surface area contributed by atoms with Crippen LogP contribution in [0, 0.1) is 5.41 Å². The molecule has 6 heteroatoms. The van der Waals surface area contributed by atoms with Crippen LogP contribution in [0.15, 0.2) is 0 Å². The van der Waals surface area contributed by atoms with Crippen LogP contribution in [0.4, 0.5) is 4.79 Å². The number of rotatable bonds is 1. The molecule has 0 spiro atoms. The third kappa shape index (κ3) is 7.19. The molecule has 0 aromatic carbocycles. The zero-order valence-electron chi connectivity index (χ0n) is 12.0. The van der Waals surface area contributed by atoms with Gasteiger partial charge in [-0.1, -0.05) is 6.92 Å². The number of carbonyl (C=O) groups is 1. The van der Waals surface area contributed by atoms with Crippen molar-refractivity contribution in [2.24, 2.45) is 5.41 Å². The zero-order valence-corrected chi connectivity index (χ0v) is 12.7. The Morgan fingerprint density at radius 1 is 1.32 bits per heavy atom. The number of alkyl halides is 1. The predicted molar refractivity (Wildman–Crippen MR) is 70.9 cm³/mol. The van der Waals surface area contributed by atoms with Crippen LogP contribution < -0.4 is 0 Å². The number of amides is 1. The molecule has 0 N–H and O–H groups in total. The summed E-state index contributed by atoms with van der Waals surface area (Å²) >= 11 is 5.92. The molecule has 0 aliphatic carbocycles. The summed E-state index contributed by atoms with van der Waals surface area (Å²) in [7, 11) is 0. The van der Waals surface area contributed by atoms with Gasteiger partial charge < -0.3 is 9.64 Å². The lowest BCUT2D eigenvalue weighted by atomic mass is 9.82. The minimum Gasteiger partial charge on any atom is -0.444 e. The lowest BCUT2D eigenvalue weighted by Gasteiger charge is -2.38. The van der Waals surface area contributed by atoms with Gasteiger partial charge in [0.2, 0.25) is 0 Å². The highest BCUT2D eigenvalue weighted by Crippen LogP contribution is 2.32. The van der Waals surface area contributed by atoms with Gasteiger partial charge in [-0.15, -0.1) is 11.6 Å². The van der Waals surface area contributed by atoms with E-state index in [1.54, 1.807) is 4.90 Å². The molecular formula is C13H22ClNO4. The third-order valence-corrected chi connectivity index (χ3v) is 3.59. The van der Waals surface area contributed by atoms with Crippen LogP contribution in [0.2, 0.25) is 0 Å². The second-order valence-corrected chi connectivity index (χ2v) is 6.26. The Balaban J connectivity index is 0.000000982. The number of carbonyl (C=O) groups excluding carboxylic acids is 3. The first-order valence-corrected chi connectivity index (χ1v) is 6.74. The van der Waals surface area contributed by atoms with Gasteiger partial charge in [0.1, 0.15) is 5.60 Å². The Bertz CT molecular complexity index is 324. The van der Waals surface area contributed by atoms with E-state index in [9.17, 15) is 4.79 Å². The first-order chi connectivity index (χ1) is 8.67. The summed E-state index contributed by atoms with van der Waals surface area (Å²) in [5.41, 5.74) is -0.232. The van der Waals surface area contributed by atoms with Crippen LogP contribution in [-0.4, -0.2) is 41.7 Å². The fraction of sp³-hybridized carbons (Fsp3) is 0.846. The van der Waals surface area contributed by atoms with Gasteiger partial charge >= 0.3 is 12.2 Å². The topological polar surface area (TPSA) is 63.7 Å². The molecule has 0 unspecified atom stereocenters. The van der Waals surface area contributed by atoms with Crippen LogP contribution in [0.1, 0.15) is 40.5 Å². The highest BCUT2D eigenvalue weighted by atomic mass is 35.5. The molecule has 19 heavy (non-hydrogen) atoms. The number of halogens is 1. The van der Waals surface area contributed by atoms with Crippen molar-refractivity contribution in [3.63, 3.8) is 0 Å². The highest BCUT2D eigenvalue weighted by molar-refractivity contribution is 6.18. The van der Waals surface area contributed by atoms with Crippen molar-refractivity contribution >= 4 is 23.8 Å². The Morgan fingerprint density at radius 3 is 2.05 bits per heavy atom. The minimum absolute atomic E-state index is 0.181. The fourth-order valence-corrected chi connectivity index (χ4v) is 1.96. The predicted octanol–water partition coefficient (Wildman–Crippen LogP) is 2.68. The van der Waals surface area contributed by atoms with Gasteiger partial charge in [-0.05, 0) is 39.0 Å². The van der Waals surface area contributed by atoms with Crippen molar-refractivity contribution in [1.29, 1.82) is 0 Å². The van der Waals surface area contributed by atoms with Crippen molar-refractivity contribution in [1.82, 2.24) is 4.90 Å². The van der Waals surface area contributed by atoms with Gasteiger partial charge in [0.25, 0.3) is 0 Å². The van der Waals surface area contributed by atoms with Gasteiger partial charge in [0, 0.05) is 19.0 Å². The number of nitrogens with zero attached hydrogens (tertiary/aromatic N) is 1. The first-order valence-electron chi connectivity index (χ1n) is 6.20. The van der Waals surface area contributed by atoms with E-state index >= 15 is 0 Å². The summed E-state index contributed by atoms with van der Waals surface area (Å²) in [6.45, 7) is 9.33. The van der Waals surface area contributed by atoms with Crippen molar-refractivity contribution in [2.45, 2.75) is 46.1 Å². The number of hydrogen-bond donors (Lipinski definition) is 0. The first kappa shape index (κ1) is 17.9. The van der Waals surface area contributed by atoms with Crippen molar-refractivity contribution in [2.75, 3.05) is 19.0 Å². The van der Waals surface area contributed by atoms with E-state index < -0.39 is 5.60 Å². The third-order valence-electron chi connectivity index (χ3n) is 2.94. The molecular weight excluding hydrogens is 270 g/mol. The second kappa shape index (κ2) is 7.51. The van der Waals surface area contributed by atoms with Crippen molar-refractivity contribution in [3.8, 4) is 0 Å². The smallest absolute Gasteiger partial charge is 0.410 e. The molecule has 1 amide bonds. The van der Waals surface area contributed by atoms with Crippen LogP contribution in [0.3, 0.4) is 0 Å². The number of hydrogen-bond acceptors (Lipinski definition) is 4. The average molecular weight is 292 g/mol. The van der Waals surface area contributed by atoms with E-state index in [1.165, 1.54) is 0 Å². The van der Waals surface area contributed by atoms with Crippen LogP contribution >= 0.6 is 11.6 Å². The van der Waals surface area contributed by atoms with Gasteiger partial charge in [-0.2, -0.15) is 9.59 Å². The van der Waals surface area contributed by atoms with Crippen molar-refractivity contribution in [3.05, 3.63) is 0 Å². The molecule has 0 aromatic heterocycles. The van der Waals surface area contributed by atoms with E-state index in [0.717, 1.165) is 25.9 Å². The highest BCUT2D eigenvalue weighted by Gasteiger charge is 2.32. The zero-order chi connectivity index (χ0) is 15.1. The molecule has 0 aromatic rings. The van der Waals surface area contributed by atoms with Crippen LogP contribution in [0.5, 0.6) is 0 Å². The number of likely N-dealkylation sites (tertiary alicyclic amines) is 1. The Hall–Kier alpha value is -1.06. The molecule has 1 fully saturated rings. The van der Waals surface area contributed by atoms with Gasteiger partial charge in [0.15, 0.2) is 0 Å². The van der Waals surface area contributed by atoms with E-state index in [-0.39, 0.29) is 17.7 Å². The molecule has 1 saturated heterocycles. The molecule has 110 valence electrons.